The first-order valence-electron chi connectivity index (χ1n) is 4.76. The Balaban J connectivity index is 3.10. The van der Waals surface area contributed by atoms with Crippen LogP contribution in [0.2, 0.25) is 0 Å². The molecule has 0 radical (unpaired) electrons. The minimum atomic E-state index is -0.456. The zero-order valence-electron chi connectivity index (χ0n) is 8.98. The molecule has 5 heteroatoms. The molecule has 0 aromatic heterocycles. The van der Waals surface area contributed by atoms with E-state index in [0.717, 1.165) is 0 Å². The van der Waals surface area contributed by atoms with Crippen molar-refractivity contribution < 1.29 is 19.7 Å². The minimum Gasteiger partial charge on any atom is -0.394 e. The van der Waals surface area contributed by atoms with E-state index in [0.29, 0.717) is 33.0 Å². The molecule has 0 aliphatic carbocycles. The smallest absolute Gasteiger partial charge is 0.0899 e. The molecular weight excluding hydrogens is 186 g/mol. The van der Waals surface area contributed by atoms with Crippen LogP contribution in [0.1, 0.15) is 0 Å². The predicted octanol–water partition coefficient (Wildman–Crippen LogP) is -1.07. The summed E-state index contributed by atoms with van der Waals surface area (Å²) in [6, 6.07) is 0. The van der Waals surface area contributed by atoms with Gasteiger partial charge >= 0.3 is 0 Å². The van der Waals surface area contributed by atoms with E-state index in [4.69, 9.17) is 14.6 Å². The summed E-state index contributed by atoms with van der Waals surface area (Å²) in [5.74, 6) is 0. The van der Waals surface area contributed by atoms with Crippen LogP contribution in [0.5, 0.6) is 0 Å². The van der Waals surface area contributed by atoms with Crippen LogP contribution in [-0.4, -0.2) is 74.9 Å². The van der Waals surface area contributed by atoms with E-state index in [-0.39, 0.29) is 6.61 Å². The van der Waals surface area contributed by atoms with Gasteiger partial charge in [-0.2, -0.15) is 0 Å². The molecule has 0 aromatic carbocycles. The lowest BCUT2D eigenvalue weighted by Gasteiger charge is -2.15. The van der Waals surface area contributed by atoms with Crippen LogP contribution in [0.4, 0.5) is 0 Å². The Bertz CT molecular complexity index is 121. The van der Waals surface area contributed by atoms with E-state index >= 15 is 0 Å². The Kier molecular flexibility index (Phi) is 9.23. The standard InChI is InChI=1S/C9H21NO4/c1-10(2)7-9(12)8-14-6-5-13-4-3-11/h9,11-12H,3-8H2,1-2H3. The first kappa shape index (κ1) is 13.8. The third-order valence-corrected chi connectivity index (χ3v) is 1.49. The Hall–Kier alpha value is -0.200. The number of hydrogen-bond acceptors (Lipinski definition) is 5. The molecule has 0 amide bonds. The number of likely N-dealkylation sites (N-methyl/N-ethyl adjacent to an activating group) is 1. The van der Waals surface area contributed by atoms with Crippen molar-refractivity contribution in [3.63, 3.8) is 0 Å². The molecule has 0 aliphatic heterocycles. The van der Waals surface area contributed by atoms with Crippen LogP contribution in [0, 0.1) is 0 Å². The van der Waals surface area contributed by atoms with Gasteiger partial charge in [-0.25, -0.2) is 0 Å². The van der Waals surface area contributed by atoms with Crippen LogP contribution in [-0.2, 0) is 9.47 Å². The van der Waals surface area contributed by atoms with Crippen LogP contribution in [0.15, 0.2) is 0 Å². The number of nitrogens with zero attached hydrogens (tertiary/aromatic N) is 1. The lowest BCUT2D eigenvalue weighted by molar-refractivity contribution is -0.00798. The summed E-state index contributed by atoms with van der Waals surface area (Å²) in [6.45, 7) is 2.19. The lowest BCUT2D eigenvalue weighted by Crippen LogP contribution is -2.30. The van der Waals surface area contributed by atoms with E-state index in [1.807, 2.05) is 19.0 Å². The average Bonchev–Trinajstić information content (AvgIpc) is 2.10. The van der Waals surface area contributed by atoms with E-state index in [1.54, 1.807) is 0 Å². The quantitative estimate of drug-likeness (QED) is 0.472. The van der Waals surface area contributed by atoms with Crippen molar-refractivity contribution >= 4 is 0 Å². The molecule has 14 heavy (non-hydrogen) atoms. The van der Waals surface area contributed by atoms with Gasteiger partial charge < -0.3 is 24.6 Å². The summed E-state index contributed by atoms with van der Waals surface area (Å²) in [7, 11) is 3.79. The van der Waals surface area contributed by atoms with Crippen LogP contribution in [0.3, 0.4) is 0 Å². The molecule has 2 N–H and O–H groups in total. The van der Waals surface area contributed by atoms with Gasteiger partial charge in [-0.3, -0.25) is 0 Å². The van der Waals surface area contributed by atoms with Crippen LogP contribution in [0.25, 0.3) is 0 Å². The Morgan fingerprint density at radius 2 is 1.79 bits per heavy atom. The van der Waals surface area contributed by atoms with Crippen LogP contribution < -0.4 is 0 Å². The largest absolute Gasteiger partial charge is 0.394 e. The van der Waals surface area contributed by atoms with Gasteiger partial charge in [0.15, 0.2) is 0 Å². The van der Waals surface area contributed by atoms with Crippen molar-refractivity contribution in [3.8, 4) is 0 Å². The molecule has 1 unspecified atom stereocenters. The summed E-state index contributed by atoms with van der Waals surface area (Å²) in [4.78, 5) is 1.90. The van der Waals surface area contributed by atoms with Crippen molar-refractivity contribution in [3.05, 3.63) is 0 Å². The fourth-order valence-corrected chi connectivity index (χ4v) is 0.978. The molecule has 0 rings (SSSR count). The Morgan fingerprint density at radius 3 is 2.36 bits per heavy atom. The Morgan fingerprint density at radius 1 is 1.14 bits per heavy atom. The van der Waals surface area contributed by atoms with Crippen molar-refractivity contribution in [1.29, 1.82) is 0 Å². The average molecular weight is 207 g/mol. The molecule has 1 atom stereocenters. The van der Waals surface area contributed by atoms with E-state index in [2.05, 4.69) is 0 Å². The van der Waals surface area contributed by atoms with E-state index in [1.165, 1.54) is 0 Å². The van der Waals surface area contributed by atoms with Gasteiger partial charge in [-0.1, -0.05) is 0 Å². The third-order valence-electron chi connectivity index (χ3n) is 1.49. The fourth-order valence-electron chi connectivity index (χ4n) is 0.978. The minimum absolute atomic E-state index is 0.0310. The molecule has 0 bridgehead atoms. The van der Waals surface area contributed by atoms with E-state index in [9.17, 15) is 5.11 Å². The first-order valence-corrected chi connectivity index (χ1v) is 4.76. The highest BCUT2D eigenvalue weighted by atomic mass is 16.5. The molecule has 0 saturated carbocycles. The monoisotopic (exact) mass is 207 g/mol. The Labute approximate surface area is 85.2 Å². The van der Waals surface area contributed by atoms with Gasteiger partial charge in [0.05, 0.1) is 39.1 Å². The normalized spacial score (nSPS) is 13.5. The maximum absolute atomic E-state index is 9.37. The number of aliphatic hydroxyl groups is 2. The molecule has 0 saturated heterocycles. The number of ether oxygens (including phenoxy) is 2. The summed E-state index contributed by atoms with van der Waals surface area (Å²) in [6.07, 6.45) is -0.456. The van der Waals surface area contributed by atoms with Gasteiger partial charge in [-0.05, 0) is 14.1 Å². The number of aliphatic hydroxyl groups excluding tert-OH is 2. The van der Waals surface area contributed by atoms with Gasteiger partial charge in [0, 0.05) is 6.54 Å². The van der Waals surface area contributed by atoms with Gasteiger partial charge in [0.25, 0.3) is 0 Å². The second-order valence-electron chi connectivity index (χ2n) is 3.33. The molecule has 0 aromatic rings. The zero-order chi connectivity index (χ0) is 10.8. The SMILES string of the molecule is CN(C)CC(O)COCCOCCO. The first-order chi connectivity index (χ1) is 6.66. The maximum Gasteiger partial charge on any atom is 0.0899 e. The highest BCUT2D eigenvalue weighted by Gasteiger charge is 2.04. The second-order valence-corrected chi connectivity index (χ2v) is 3.33. The molecule has 86 valence electrons. The van der Waals surface area contributed by atoms with E-state index < -0.39 is 6.10 Å². The highest BCUT2D eigenvalue weighted by Crippen LogP contribution is 1.88. The molecule has 0 fully saturated rings. The fraction of sp³-hybridized carbons (Fsp3) is 1.00. The molecule has 0 aliphatic rings. The molecule has 0 spiro atoms. The third kappa shape index (κ3) is 9.88. The van der Waals surface area contributed by atoms with Crippen molar-refractivity contribution in [2.45, 2.75) is 6.10 Å². The summed E-state index contributed by atoms with van der Waals surface area (Å²) in [5.41, 5.74) is 0. The summed E-state index contributed by atoms with van der Waals surface area (Å²) >= 11 is 0. The number of rotatable bonds is 9. The summed E-state index contributed by atoms with van der Waals surface area (Å²) < 4.78 is 10.1. The molecular formula is C9H21NO4. The van der Waals surface area contributed by atoms with Gasteiger partial charge in [0.2, 0.25) is 0 Å². The van der Waals surface area contributed by atoms with Crippen molar-refractivity contribution in [2.75, 3.05) is 53.7 Å². The number of hydrogen-bond donors (Lipinski definition) is 2. The van der Waals surface area contributed by atoms with Gasteiger partial charge in [0.1, 0.15) is 0 Å². The van der Waals surface area contributed by atoms with Gasteiger partial charge in [-0.15, -0.1) is 0 Å². The predicted molar refractivity (Wildman–Crippen MR) is 53.3 cm³/mol. The zero-order valence-corrected chi connectivity index (χ0v) is 8.98. The molecule has 5 nitrogen and oxygen atoms in total. The second kappa shape index (κ2) is 9.36. The summed E-state index contributed by atoms with van der Waals surface area (Å²) in [5, 5.41) is 17.8. The van der Waals surface area contributed by atoms with Crippen molar-refractivity contribution in [1.82, 2.24) is 4.90 Å². The molecule has 0 heterocycles. The van der Waals surface area contributed by atoms with Crippen LogP contribution >= 0.6 is 0 Å². The lowest BCUT2D eigenvalue weighted by atomic mass is 10.3. The highest BCUT2D eigenvalue weighted by molar-refractivity contribution is 4.56. The topological polar surface area (TPSA) is 62.2 Å². The van der Waals surface area contributed by atoms with Crippen molar-refractivity contribution in [2.24, 2.45) is 0 Å². The maximum atomic E-state index is 9.37.